The lowest BCUT2D eigenvalue weighted by Crippen LogP contribution is -1.98. The van der Waals surface area contributed by atoms with Crippen LogP contribution in [0.15, 0.2) is 23.0 Å². The summed E-state index contributed by atoms with van der Waals surface area (Å²) in [5.41, 5.74) is 0.849. The van der Waals surface area contributed by atoms with Gasteiger partial charge in [-0.3, -0.25) is 0 Å². The lowest BCUT2D eigenvalue weighted by molar-refractivity contribution is 0.0692. The lowest BCUT2D eigenvalue weighted by Gasteiger charge is -1.91. The predicted molar refractivity (Wildman–Crippen MR) is 51.5 cm³/mol. The molecule has 0 saturated carbocycles. The minimum absolute atomic E-state index is 0.0916. The van der Waals surface area contributed by atoms with E-state index in [-0.39, 0.29) is 5.69 Å². The van der Waals surface area contributed by atoms with Crippen molar-refractivity contribution in [2.75, 3.05) is 0 Å². The molecule has 0 aliphatic heterocycles. The standard InChI is InChI=1S/C9H7NO3S/c1-5-10-7(9(11)12)8(14-5)6-2-3-13-4-6/h2-4H,1H3,(H,11,12). The molecule has 0 bridgehead atoms. The van der Waals surface area contributed by atoms with Gasteiger partial charge >= 0.3 is 5.97 Å². The van der Waals surface area contributed by atoms with Crippen LogP contribution in [0.2, 0.25) is 0 Å². The van der Waals surface area contributed by atoms with Gasteiger partial charge in [0.2, 0.25) is 0 Å². The van der Waals surface area contributed by atoms with Gasteiger partial charge in [0.25, 0.3) is 0 Å². The van der Waals surface area contributed by atoms with E-state index in [9.17, 15) is 4.79 Å². The smallest absolute Gasteiger partial charge is 0.356 e. The largest absolute Gasteiger partial charge is 0.476 e. The van der Waals surface area contributed by atoms with E-state index in [1.54, 1.807) is 13.0 Å². The highest BCUT2D eigenvalue weighted by molar-refractivity contribution is 7.15. The molecule has 2 heterocycles. The Kier molecular flexibility index (Phi) is 2.09. The topological polar surface area (TPSA) is 63.3 Å². The third-order valence-electron chi connectivity index (χ3n) is 1.72. The summed E-state index contributed by atoms with van der Waals surface area (Å²) in [6.07, 6.45) is 3.02. The van der Waals surface area contributed by atoms with Crippen molar-refractivity contribution in [3.05, 3.63) is 29.3 Å². The van der Waals surface area contributed by atoms with E-state index in [0.717, 1.165) is 10.6 Å². The van der Waals surface area contributed by atoms with Crippen LogP contribution in [0.4, 0.5) is 0 Å². The van der Waals surface area contributed by atoms with Crippen molar-refractivity contribution in [2.24, 2.45) is 0 Å². The SMILES string of the molecule is Cc1nc(C(=O)O)c(-c2ccoc2)s1. The molecule has 4 nitrogen and oxygen atoms in total. The molecule has 0 aromatic carbocycles. The Morgan fingerprint density at radius 2 is 2.43 bits per heavy atom. The molecule has 14 heavy (non-hydrogen) atoms. The maximum Gasteiger partial charge on any atom is 0.356 e. The average molecular weight is 209 g/mol. The van der Waals surface area contributed by atoms with E-state index in [4.69, 9.17) is 9.52 Å². The van der Waals surface area contributed by atoms with Gasteiger partial charge in [0.05, 0.1) is 22.4 Å². The Labute approximate surface area is 83.8 Å². The van der Waals surface area contributed by atoms with Crippen molar-refractivity contribution in [2.45, 2.75) is 6.92 Å². The highest BCUT2D eigenvalue weighted by Gasteiger charge is 2.17. The zero-order valence-electron chi connectivity index (χ0n) is 7.35. The van der Waals surface area contributed by atoms with E-state index >= 15 is 0 Å². The Morgan fingerprint density at radius 3 is 3.00 bits per heavy atom. The molecule has 0 saturated heterocycles. The maximum atomic E-state index is 10.8. The molecule has 0 aliphatic carbocycles. The van der Waals surface area contributed by atoms with Crippen LogP contribution < -0.4 is 0 Å². The summed E-state index contributed by atoms with van der Waals surface area (Å²) in [6.45, 7) is 1.78. The first kappa shape index (κ1) is 8.96. The molecule has 0 radical (unpaired) electrons. The molecular formula is C9H7NO3S. The minimum atomic E-state index is -1.01. The Bertz CT molecular complexity index is 458. The van der Waals surface area contributed by atoms with Gasteiger partial charge in [-0.05, 0) is 13.0 Å². The summed E-state index contributed by atoms with van der Waals surface area (Å²) in [7, 11) is 0. The molecule has 2 aromatic rings. The van der Waals surface area contributed by atoms with Crippen LogP contribution in [0.25, 0.3) is 10.4 Å². The molecule has 0 amide bonds. The lowest BCUT2D eigenvalue weighted by atomic mass is 10.2. The molecule has 0 aliphatic rings. The number of aromatic carboxylic acids is 1. The van der Waals surface area contributed by atoms with Gasteiger partial charge in [0.1, 0.15) is 0 Å². The normalized spacial score (nSPS) is 10.4. The first-order valence-corrected chi connectivity index (χ1v) is 4.73. The molecule has 2 rings (SSSR count). The number of aromatic nitrogens is 1. The van der Waals surface area contributed by atoms with Crippen LogP contribution in [0.3, 0.4) is 0 Å². The van der Waals surface area contributed by atoms with Gasteiger partial charge in [-0.2, -0.15) is 0 Å². The fourth-order valence-corrected chi connectivity index (χ4v) is 2.06. The Hall–Kier alpha value is -1.62. The number of aryl methyl sites for hydroxylation is 1. The number of hydrogen-bond acceptors (Lipinski definition) is 4. The van der Waals surface area contributed by atoms with Crippen LogP contribution in [0.5, 0.6) is 0 Å². The van der Waals surface area contributed by atoms with E-state index in [1.165, 1.54) is 23.9 Å². The van der Waals surface area contributed by atoms with Crippen LogP contribution in [0, 0.1) is 6.92 Å². The molecule has 72 valence electrons. The maximum absolute atomic E-state index is 10.8. The van der Waals surface area contributed by atoms with E-state index in [2.05, 4.69) is 4.98 Å². The monoisotopic (exact) mass is 209 g/mol. The quantitative estimate of drug-likeness (QED) is 0.824. The van der Waals surface area contributed by atoms with Gasteiger partial charge in [-0.25, -0.2) is 9.78 Å². The first-order valence-electron chi connectivity index (χ1n) is 3.92. The van der Waals surface area contributed by atoms with Gasteiger partial charge in [-0.15, -0.1) is 11.3 Å². The van der Waals surface area contributed by atoms with Crippen molar-refractivity contribution < 1.29 is 14.3 Å². The summed E-state index contributed by atoms with van der Waals surface area (Å²) >= 11 is 1.35. The predicted octanol–water partition coefficient (Wildman–Crippen LogP) is 2.41. The van der Waals surface area contributed by atoms with E-state index in [1.807, 2.05) is 0 Å². The number of rotatable bonds is 2. The molecule has 0 unspecified atom stereocenters. The molecule has 2 aromatic heterocycles. The molecule has 1 N–H and O–H groups in total. The Morgan fingerprint density at radius 1 is 1.64 bits per heavy atom. The second-order valence-corrected chi connectivity index (χ2v) is 3.93. The molecular weight excluding hydrogens is 202 g/mol. The minimum Gasteiger partial charge on any atom is -0.476 e. The van der Waals surface area contributed by atoms with Crippen LogP contribution >= 0.6 is 11.3 Å². The third kappa shape index (κ3) is 1.42. The van der Waals surface area contributed by atoms with Gasteiger partial charge < -0.3 is 9.52 Å². The number of carboxylic acid groups (broad SMARTS) is 1. The second-order valence-electron chi connectivity index (χ2n) is 2.73. The van der Waals surface area contributed by atoms with Crippen molar-refractivity contribution >= 4 is 17.3 Å². The highest BCUT2D eigenvalue weighted by Crippen LogP contribution is 2.30. The van der Waals surface area contributed by atoms with Crippen LogP contribution in [0.1, 0.15) is 15.5 Å². The van der Waals surface area contributed by atoms with Crippen molar-refractivity contribution in [3.63, 3.8) is 0 Å². The van der Waals surface area contributed by atoms with Gasteiger partial charge in [0, 0.05) is 5.56 Å². The van der Waals surface area contributed by atoms with Gasteiger partial charge in [-0.1, -0.05) is 0 Å². The van der Waals surface area contributed by atoms with E-state index in [0.29, 0.717) is 4.88 Å². The first-order chi connectivity index (χ1) is 6.68. The molecule has 0 spiro atoms. The van der Waals surface area contributed by atoms with Crippen LogP contribution in [-0.2, 0) is 0 Å². The summed E-state index contributed by atoms with van der Waals surface area (Å²) in [4.78, 5) is 15.4. The fraction of sp³-hybridized carbons (Fsp3) is 0.111. The molecule has 0 fully saturated rings. The highest BCUT2D eigenvalue weighted by atomic mass is 32.1. The van der Waals surface area contributed by atoms with Crippen molar-refractivity contribution in [1.82, 2.24) is 4.98 Å². The number of carbonyl (C=O) groups is 1. The second kappa shape index (κ2) is 3.26. The average Bonchev–Trinajstić information content (AvgIpc) is 2.70. The van der Waals surface area contributed by atoms with Crippen LogP contribution in [-0.4, -0.2) is 16.1 Å². The zero-order valence-corrected chi connectivity index (χ0v) is 8.17. The molecule has 0 atom stereocenters. The molecule has 5 heteroatoms. The summed E-state index contributed by atoms with van der Waals surface area (Å²) in [6, 6.07) is 1.72. The summed E-state index contributed by atoms with van der Waals surface area (Å²) < 4.78 is 4.90. The zero-order chi connectivity index (χ0) is 10.1. The Balaban J connectivity index is 2.58. The summed E-state index contributed by atoms with van der Waals surface area (Å²) in [5.74, 6) is -1.01. The van der Waals surface area contributed by atoms with Crippen molar-refractivity contribution in [3.8, 4) is 10.4 Å². The van der Waals surface area contributed by atoms with E-state index < -0.39 is 5.97 Å². The fourth-order valence-electron chi connectivity index (χ4n) is 1.16. The summed E-state index contributed by atoms with van der Waals surface area (Å²) in [5, 5.41) is 9.63. The van der Waals surface area contributed by atoms with Crippen molar-refractivity contribution in [1.29, 1.82) is 0 Å². The van der Waals surface area contributed by atoms with Gasteiger partial charge in [0.15, 0.2) is 5.69 Å². The number of hydrogen-bond donors (Lipinski definition) is 1. The third-order valence-corrected chi connectivity index (χ3v) is 2.74. The number of nitrogens with zero attached hydrogens (tertiary/aromatic N) is 1. The number of thiazole rings is 1. The number of furan rings is 1. The number of carboxylic acids is 1.